The first-order chi connectivity index (χ1) is 10.7. The van der Waals surface area contributed by atoms with Crippen LogP contribution in [-0.4, -0.2) is 58.0 Å². The van der Waals surface area contributed by atoms with Crippen molar-refractivity contribution in [3.8, 4) is 0 Å². The number of aromatic nitrogens is 2. The van der Waals surface area contributed by atoms with Crippen LogP contribution in [0.1, 0.15) is 32.6 Å². The van der Waals surface area contributed by atoms with Crippen LogP contribution >= 0.6 is 0 Å². The summed E-state index contributed by atoms with van der Waals surface area (Å²) in [6, 6.07) is 0. The molecule has 1 aromatic heterocycles. The molecule has 0 saturated carbocycles. The number of nitrogens with zero attached hydrogens (tertiary/aromatic N) is 4. The lowest BCUT2D eigenvalue weighted by Gasteiger charge is -2.35. The van der Waals surface area contributed by atoms with Crippen LogP contribution < -0.4 is 0 Å². The molecule has 1 aromatic rings. The number of hydrogen-bond donors (Lipinski definition) is 0. The summed E-state index contributed by atoms with van der Waals surface area (Å²) in [6.07, 6.45) is 10.5. The minimum Gasteiger partial charge on any atom is -0.342 e. The van der Waals surface area contributed by atoms with Crippen molar-refractivity contribution in [2.45, 2.75) is 39.2 Å². The molecule has 0 atom stereocenters. The molecule has 122 valence electrons. The van der Waals surface area contributed by atoms with Gasteiger partial charge in [0.15, 0.2) is 0 Å². The van der Waals surface area contributed by atoms with E-state index in [9.17, 15) is 4.79 Å². The number of rotatable bonds is 4. The van der Waals surface area contributed by atoms with E-state index in [-0.39, 0.29) is 0 Å². The van der Waals surface area contributed by atoms with Gasteiger partial charge in [0, 0.05) is 32.0 Å². The van der Waals surface area contributed by atoms with Gasteiger partial charge in [-0.15, -0.1) is 0 Å². The van der Waals surface area contributed by atoms with Gasteiger partial charge in [0.25, 0.3) is 0 Å². The molecule has 0 aromatic carbocycles. The maximum atomic E-state index is 12.4. The van der Waals surface area contributed by atoms with E-state index >= 15 is 0 Å². The van der Waals surface area contributed by atoms with Crippen LogP contribution in [0.15, 0.2) is 18.7 Å². The molecular formula is C17H28N4O. The number of likely N-dealkylation sites (tertiary alicyclic amines) is 2. The van der Waals surface area contributed by atoms with Gasteiger partial charge in [-0.2, -0.15) is 0 Å². The van der Waals surface area contributed by atoms with Crippen LogP contribution in [0.4, 0.5) is 0 Å². The summed E-state index contributed by atoms with van der Waals surface area (Å²) in [5.74, 6) is 1.83. The van der Waals surface area contributed by atoms with Crippen molar-refractivity contribution in [2.75, 3.05) is 32.7 Å². The molecule has 0 unspecified atom stereocenters. The van der Waals surface area contributed by atoms with E-state index in [1.807, 2.05) is 18.7 Å². The Morgan fingerprint density at radius 3 is 2.50 bits per heavy atom. The van der Waals surface area contributed by atoms with E-state index in [2.05, 4.69) is 26.3 Å². The number of hydrogen-bond acceptors (Lipinski definition) is 3. The molecule has 2 fully saturated rings. The van der Waals surface area contributed by atoms with Crippen molar-refractivity contribution in [1.29, 1.82) is 0 Å². The Morgan fingerprint density at radius 2 is 1.86 bits per heavy atom. The van der Waals surface area contributed by atoms with Gasteiger partial charge < -0.3 is 9.47 Å². The Bertz CT molecular complexity index is 457. The van der Waals surface area contributed by atoms with Crippen LogP contribution in [0.25, 0.3) is 0 Å². The lowest BCUT2D eigenvalue weighted by Crippen LogP contribution is -2.46. The van der Waals surface area contributed by atoms with E-state index in [1.165, 1.54) is 25.7 Å². The highest BCUT2D eigenvalue weighted by Gasteiger charge is 2.25. The molecule has 0 spiro atoms. The molecule has 0 bridgehead atoms. The summed E-state index contributed by atoms with van der Waals surface area (Å²) in [6.45, 7) is 7.98. The average molecular weight is 304 g/mol. The van der Waals surface area contributed by atoms with E-state index < -0.39 is 0 Å². The third kappa shape index (κ3) is 4.09. The highest BCUT2D eigenvalue weighted by Crippen LogP contribution is 2.20. The van der Waals surface area contributed by atoms with Gasteiger partial charge >= 0.3 is 0 Å². The molecular weight excluding hydrogens is 276 g/mol. The predicted molar refractivity (Wildman–Crippen MR) is 86.4 cm³/mol. The van der Waals surface area contributed by atoms with Crippen molar-refractivity contribution in [2.24, 2.45) is 11.8 Å². The van der Waals surface area contributed by atoms with Crippen LogP contribution in [0.2, 0.25) is 0 Å². The standard InChI is InChI=1S/C17H28N4O/c1-15-2-9-21(10-3-15)17(22)13-19-7-4-16(5-8-19)12-20-11-6-18-14-20/h6,11,14-16H,2-5,7-10,12-13H2,1H3. The largest absolute Gasteiger partial charge is 0.342 e. The predicted octanol–water partition coefficient (Wildman–Crippen LogP) is 1.85. The Hall–Kier alpha value is -1.36. The molecule has 1 amide bonds. The van der Waals surface area contributed by atoms with Gasteiger partial charge in [0.05, 0.1) is 12.9 Å². The van der Waals surface area contributed by atoms with Crippen molar-refractivity contribution in [3.63, 3.8) is 0 Å². The summed E-state index contributed by atoms with van der Waals surface area (Å²) in [5.41, 5.74) is 0. The van der Waals surface area contributed by atoms with Gasteiger partial charge in [-0.3, -0.25) is 9.69 Å². The van der Waals surface area contributed by atoms with Gasteiger partial charge in [0.1, 0.15) is 0 Å². The van der Waals surface area contributed by atoms with Crippen LogP contribution in [0.5, 0.6) is 0 Å². The Labute approximate surface area is 133 Å². The molecule has 22 heavy (non-hydrogen) atoms. The van der Waals surface area contributed by atoms with Gasteiger partial charge in [-0.1, -0.05) is 6.92 Å². The Morgan fingerprint density at radius 1 is 1.14 bits per heavy atom. The van der Waals surface area contributed by atoms with Crippen molar-refractivity contribution < 1.29 is 4.79 Å². The first kappa shape index (κ1) is 15.5. The molecule has 5 heteroatoms. The first-order valence-electron chi connectivity index (χ1n) is 8.66. The maximum absolute atomic E-state index is 12.4. The fourth-order valence-electron chi connectivity index (χ4n) is 3.57. The zero-order chi connectivity index (χ0) is 15.4. The number of piperidine rings is 2. The SMILES string of the molecule is CC1CCN(C(=O)CN2CCC(Cn3ccnc3)CC2)CC1. The number of imidazole rings is 1. The molecule has 5 nitrogen and oxygen atoms in total. The maximum Gasteiger partial charge on any atom is 0.236 e. The van der Waals surface area contributed by atoms with Gasteiger partial charge in [0.2, 0.25) is 5.91 Å². The van der Waals surface area contributed by atoms with Crippen molar-refractivity contribution >= 4 is 5.91 Å². The molecule has 3 rings (SSSR count). The fourth-order valence-corrected chi connectivity index (χ4v) is 3.57. The first-order valence-corrected chi connectivity index (χ1v) is 8.66. The molecule has 2 aliphatic heterocycles. The summed E-state index contributed by atoms with van der Waals surface area (Å²) in [4.78, 5) is 20.9. The van der Waals surface area contributed by atoms with E-state index in [4.69, 9.17) is 0 Å². The highest BCUT2D eigenvalue weighted by atomic mass is 16.2. The van der Waals surface area contributed by atoms with Crippen LogP contribution in [0, 0.1) is 11.8 Å². The van der Waals surface area contributed by atoms with Crippen LogP contribution in [0.3, 0.4) is 0 Å². The highest BCUT2D eigenvalue weighted by molar-refractivity contribution is 5.78. The molecule has 2 aliphatic rings. The molecule has 0 N–H and O–H groups in total. The van der Waals surface area contributed by atoms with Gasteiger partial charge in [-0.05, 0) is 50.6 Å². The van der Waals surface area contributed by atoms with E-state index in [1.54, 1.807) is 0 Å². The Kier molecular flexibility index (Phi) is 5.13. The average Bonchev–Trinajstić information content (AvgIpc) is 3.03. The van der Waals surface area contributed by atoms with E-state index in [0.29, 0.717) is 12.5 Å². The third-order valence-corrected chi connectivity index (χ3v) is 5.23. The minimum atomic E-state index is 0.333. The van der Waals surface area contributed by atoms with Gasteiger partial charge in [-0.25, -0.2) is 4.98 Å². The quantitative estimate of drug-likeness (QED) is 0.852. The monoisotopic (exact) mass is 304 g/mol. The molecule has 0 aliphatic carbocycles. The second kappa shape index (κ2) is 7.27. The zero-order valence-electron chi connectivity index (χ0n) is 13.7. The van der Waals surface area contributed by atoms with Crippen LogP contribution in [-0.2, 0) is 11.3 Å². The summed E-state index contributed by atoms with van der Waals surface area (Å²) >= 11 is 0. The second-order valence-electron chi connectivity index (χ2n) is 7.04. The number of amides is 1. The zero-order valence-corrected chi connectivity index (χ0v) is 13.7. The normalized spacial score (nSPS) is 22.1. The summed E-state index contributed by atoms with van der Waals surface area (Å²) in [7, 11) is 0. The lowest BCUT2D eigenvalue weighted by molar-refractivity contribution is -0.134. The smallest absolute Gasteiger partial charge is 0.236 e. The van der Waals surface area contributed by atoms with Crippen molar-refractivity contribution in [3.05, 3.63) is 18.7 Å². The molecule has 0 radical (unpaired) electrons. The fraction of sp³-hybridized carbons (Fsp3) is 0.765. The third-order valence-electron chi connectivity index (χ3n) is 5.23. The summed E-state index contributed by atoms with van der Waals surface area (Å²) < 4.78 is 2.17. The molecule has 3 heterocycles. The molecule has 2 saturated heterocycles. The number of carbonyl (C=O) groups is 1. The Balaban J connectivity index is 1.39. The minimum absolute atomic E-state index is 0.333. The number of carbonyl (C=O) groups excluding carboxylic acids is 1. The van der Waals surface area contributed by atoms with E-state index in [0.717, 1.165) is 44.6 Å². The second-order valence-corrected chi connectivity index (χ2v) is 7.04. The lowest BCUT2D eigenvalue weighted by atomic mass is 9.96. The topological polar surface area (TPSA) is 41.4 Å². The summed E-state index contributed by atoms with van der Waals surface area (Å²) in [5, 5.41) is 0. The van der Waals surface area contributed by atoms with Crippen molar-refractivity contribution in [1.82, 2.24) is 19.4 Å².